The molecule has 1 atom stereocenters. The largest absolute Gasteiger partial charge is 0.468 e. The summed E-state index contributed by atoms with van der Waals surface area (Å²) in [6, 6.07) is 23.9. The Balaban J connectivity index is 1.43. The minimum Gasteiger partial charge on any atom is -0.468 e. The highest BCUT2D eigenvalue weighted by Gasteiger charge is 2.18. The molecule has 4 rings (SSSR count). The van der Waals surface area contributed by atoms with Crippen LogP contribution in [0.4, 0.5) is 5.69 Å². The fourth-order valence-electron chi connectivity index (χ4n) is 3.70. The lowest BCUT2D eigenvalue weighted by molar-refractivity contribution is -0.117. The summed E-state index contributed by atoms with van der Waals surface area (Å²) in [7, 11) is 0. The molecule has 0 aliphatic heterocycles. The molecule has 2 amide bonds. The summed E-state index contributed by atoms with van der Waals surface area (Å²) >= 11 is 0. The fourth-order valence-corrected chi connectivity index (χ4v) is 3.70. The van der Waals surface area contributed by atoms with Crippen molar-refractivity contribution in [3.63, 3.8) is 0 Å². The van der Waals surface area contributed by atoms with Crippen molar-refractivity contribution in [3.05, 3.63) is 114 Å². The molecule has 0 aliphatic carbocycles. The average Bonchev–Trinajstić information content (AvgIpc) is 3.54. The first-order valence-electron chi connectivity index (χ1n) is 11.1. The van der Waals surface area contributed by atoms with Crippen LogP contribution in [-0.4, -0.2) is 23.3 Å². The number of nitrogens with one attached hydrogen (secondary N) is 2. The Morgan fingerprint density at radius 3 is 2.06 bits per heavy atom. The maximum Gasteiger partial charge on any atom is 0.253 e. The van der Waals surface area contributed by atoms with Gasteiger partial charge in [-0.3, -0.25) is 14.5 Å². The van der Waals surface area contributed by atoms with E-state index in [0.29, 0.717) is 24.3 Å². The van der Waals surface area contributed by atoms with Crippen LogP contribution in [0.1, 0.15) is 40.4 Å². The van der Waals surface area contributed by atoms with Crippen LogP contribution in [0.15, 0.2) is 100 Å². The molecule has 0 radical (unpaired) electrons. The number of hydrogen-bond acceptors (Lipinski definition) is 5. The first kappa shape index (κ1) is 23.1. The van der Waals surface area contributed by atoms with Crippen molar-refractivity contribution in [1.82, 2.24) is 10.2 Å². The van der Waals surface area contributed by atoms with E-state index < -0.39 is 0 Å². The zero-order valence-electron chi connectivity index (χ0n) is 18.9. The van der Waals surface area contributed by atoms with Crippen LogP contribution in [0.2, 0.25) is 0 Å². The molecule has 2 aromatic carbocycles. The van der Waals surface area contributed by atoms with Gasteiger partial charge in [0.1, 0.15) is 11.5 Å². The lowest BCUT2D eigenvalue weighted by Gasteiger charge is -2.20. The molecular formula is C27H27N3O4. The molecule has 0 saturated carbocycles. The molecule has 2 aromatic heterocycles. The van der Waals surface area contributed by atoms with Gasteiger partial charge < -0.3 is 19.5 Å². The lowest BCUT2D eigenvalue weighted by atomic mass is 10.1. The van der Waals surface area contributed by atoms with Crippen LogP contribution in [0.5, 0.6) is 0 Å². The molecule has 174 valence electrons. The summed E-state index contributed by atoms with van der Waals surface area (Å²) in [5.41, 5.74) is 1.87. The second-order valence-corrected chi connectivity index (χ2v) is 8.00. The highest BCUT2D eigenvalue weighted by atomic mass is 16.3. The molecule has 0 fully saturated rings. The number of carbonyl (C=O) groups excluding carboxylic acids is 2. The quantitative estimate of drug-likeness (QED) is 0.350. The number of para-hydroxylation sites is 1. The zero-order valence-corrected chi connectivity index (χ0v) is 18.9. The number of hydrogen-bond donors (Lipinski definition) is 2. The normalized spacial score (nSPS) is 11.8. The van der Waals surface area contributed by atoms with Crippen LogP contribution >= 0.6 is 0 Å². The Hall–Kier alpha value is -4.10. The molecule has 0 aliphatic rings. The van der Waals surface area contributed by atoms with Crippen molar-refractivity contribution in [2.24, 2.45) is 0 Å². The van der Waals surface area contributed by atoms with Gasteiger partial charge in [0.05, 0.1) is 49.5 Å². The second kappa shape index (κ2) is 11.2. The molecule has 7 heteroatoms. The predicted molar refractivity (Wildman–Crippen MR) is 129 cm³/mol. The summed E-state index contributed by atoms with van der Waals surface area (Å²) in [6.07, 6.45) is 3.21. The van der Waals surface area contributed by atoms with E-state index in [0.717, 1.165) is 17.1 Å². The Morgan fingerprint density at radius 1 is 0.824 bits per heavy atom. The maximum absolute atomic E-state index is 13.0. The lowest BCUT2D eigenvalue weighted by Crippen LogP contribution is -2.33. The minimum absolute atomic E-state index is 0.0950. The van der Waals surface area contributed by atoms with Gasteiger partial charge >= 0.3 is 0 Å². The van der Waals surface area contributed by atoms with Gasteiger partial charge in [0.2, 0.25) is 5.91 Å². The molecule has 0 spiro atoms. The SMILES string of the molecule is CC(NC(=O)c1ccccc1NC(=O)CN(Cc1ccco1)Cc1ccco1)c1ccccc1. The second-order valence-electron chi connectivity index (χ2n) is 8.00. The third kappa shape index (κ3) is 6.24. The highest BCUT2D eigenvalue weighted by molar-refractivity contribution is 6.04. The van der Waals surface area contributed by atoms with E-state index in [9.17, 15) is 9.59 Å². The standard InChI is InChI=1S/C27H27N3O4/c1-20(21-9-3-2-4-10-21)28-27(32)24-13-5-6-14-25(24)29-26(31)19-30(17-22-11-7-15-33-22)18-23-12-8-16-34-23/h2-16,20H,17-19H2,1H3,(H,28,32)(H,29,31). The maximum atomic E-state index is 13.0. The van der Waals surface area contributed by atoms with E-state index in [4.69, 9.17) is 8.83 Å². The molecule has 4 aromatic rings. The van der Waals surface area contributed by atoms with E-state index in [2.05, 4.69) is 10.6 Å². The number of amides is 2. The predicted octanol–water partition coefficient (Wildman–Crippen LogP) is 5.00. The van der Waals surface area contributed by atoms with Crippen molar-refractivity contribution in [3.8, 4) is 0 Å². The summed E-state index contributed by atoms with van der Waals surface area (Å²) in [5, 5.41) is 5.89. The van der Waals surface area contributed by atoms with E-state index in [-0.39, 0.29) is 24.4 Å². The van der Waals surface area contributed by atoms with Gasteiger partial charge in [-0.1, -0.05) is 42.5 Å². The van der Waals surface area contributed by atoms with Gasteiger partial charge in [0.25, 0.3) is 5.91 Å². The molecule has 34 heavy (non-hydrogen) atoms. The summed E-state index contributed by atoms with van der Waals surface area (Å²) in [6.45, 7) is 2.91. The van der Waals surface area contributed by atoms with Crippen molar-refractivity contribution in [2.45, 2.75) is 26.1 Å². The average molecular weight is 458 g/mol. The number of furan rings is 2. The number of benzene rings is 2. The molecule has 0 saturated heterocycles. The Kier molecular flexibility index (Phi) is 7.57. The molecule has 1 unspecified atom stereocenters. The van der Waals surface area contributed by atoms with Crippen molar-refractivity contribution in [2.75, 3.05) is 11.9 Å². The van der Waals surface area contributed by atoms with Crippen molar-refractivity contribution < 1.29 is 18.4 Å². The van der Waals surface area contributed by atoms with Crippen molar-refractivity contribution in [1.29, 1.82) is 0 Å². The van der Waals surface area contributed by atoms with Crippen LogP contribution in [-0.2, 0) is 17.9 Å². The van der Waals surface area contributed by atoms with Crippen molar-refractivity contribution >= 4 is 17.5 Å². The van der Waals surface area contributed by atoms with Gasteiger partial charge in [0, 0.05) is 0 Å². The molecule has 7 nitrogen and oxygen atoms in total. The van der Waals surface area contributed by atoms with E-state index in [1.54, 1.807) is 36.8 Å². The first-order valence-corrected chi connectivity index (χ1v) is 11.1. The number of anilines is 1. The molecule has 2 N–H and O–H groups in total. The Morgan fingerprint density at radius 2 is 1.44 bits per heavy atom. The van der Waals surface area contributed by atoms with Gasteiger partial charge in [-0.15, -0.1) is 0 Å². The topological polar surface area (TPSA) is 87.7 Å². The summed E-state index contributed by atoms with van der Waals surface area (Å²) < 4.78 is 10.9. The first-order chi connectivity index (χ1) is 16.6. The number of rotatable bonds is 10. The van der Waals surface area contributed by atoms with Crippen LogP contribution in [0.25, 0.3) is 0 Å². The Labute approximate surface area is 198 Å². The third-order valence-corrected chi connectivity index (χ3v) is 5.38. The third-order valence-electron chi connectivity index (χ3n) is 5.38. The summed E-state index contributed by atoms with van der Waals surface area (Å²) in [5.74, 6) is 0.993. The fraction of sp³-hybridized carbons (Fsp3) is 0.185. The van der Waals surface area contributed by atoms with E-state index >= 15 is 0 Å². The van der Waals surface area contributed by atoms with Gasteiger partial charge in [0.15, 0.2) is 0 Å². The minimum atomic E-state index is -0.254. The summed E-state index contributed by atoms with van der Waals surface area (Å²) in [4.78, 5) is 27.8. The monoisotopic (exact) mass is 457 g/mol. The van der Waals surface area contributed by atoms with Crippen LogP contribution < -0.4 is 10.6 Å². The van der Waals surface area contributed by atoms with E-state index in [1.807, 2.05) is 66.4 Å². The molecule has 0 bridgehead atoms. The Bertz CT molecular complexity index is 1150. The van der Waals surface area contributed by atoms with Gasteiger partial charge in [-0.05, 0) is 48.9 Å². The van der Waals surface area contributed by atoms with E-state index in [1.165, 1.54) is 0 Å². The molecular weight excluding hydrogens is 430 g/mol. The van der Waals surface area contributed by atoms with Gasteiger partial charge in [-0.25, -0.2) is 0 Å². The smallest absolute Gasteiger partial charge is 0.253 e. The zero-order chi connectivity index (χ0) is 23.8. The van der Waals surface area contributed by atoms with Crippen LogP contribution in [0.3, 0.4) is 0 Å². The number of nitrogens with zero attached hydrogens (tertiary/aromatic N) is 1. The highest BCUT2D eigenvalue weighted by Crippen LogP contribution is 2.19. The van der Waals surface area contributed by atoms with Gasteiger partial charge in [-0.2, -0.15) is 0 Å². The van der Waals surface area contributed by atoms with Crippen LogP contribution in [0, 0.1) is 0 Å². The number of carbonyl (C=O) groups is 2. The molecule has 2 heterocycles.